The van der Waals surface area contributed by atoms with Gasteiger partial charge in [0.25, 0.3) is 0 Å². The first-order valence-corrected chi connectivity index (χ1v) is 6.18. The van der Waals surface area contributed by atoms with Gasteiger partial charge in [0, 0.05) is 25.7 Å². The van der Waals surface area contributed by atoms with Gasteiger partial charge in [-0.3, -0.25) is 0 Å². The largest absolute Gasteiger partial charge is 0.316 e. The summed E-state index contributed by atoms with van der Waals surface area (Å²) < 4.78 is 0. The summed E-state index contributed by atoms with van der Waals surface area (Å²) in [5.41, 5.74) is 0. The number of nitrogens with zero attached hydrogens (tertiary/aromatic N) is 1. The monoisotopic (exact) mass is 196 g/mol. The molecule has 0 radical (unpaired) electrons. The maximum atomic E-state index is 3.35. The van der Waals surface area contributed by atoms with E-state index in [4.69, 9.17) is 0 Å². The highest BCUT2D eigenvalue weighted by molar-refractivity contribution is 4.83. The molecule has 1 aliphatic carbocycles. The predicted octanol–water partition coefficient (Wildman–Crippen LogP) is 1.72. The zero-order valence-electron chi connectivity index (χ0n) is 9.63. The van der Waals surface area contributed by atoms with Gasteiger partial charge in [-0.1, -0.05) is 19.8 Å². The van der Waals surface area contributed by atoms with Gasteiger partial charge in [0.05, 0.1) is 0 Å². The van der Waals surface area contributed by atoms with E-state index in [1.54, 1.807) is 0 Å². The minimum Gasteiger partial charge on any atom is -0.316 e. The van der Waals surface area contributed by atoms with Crippen LogP contribution in [-0.4, -0.2) is 37.6 Å². The van der Waals surface area contributed by atoms with Crippen molar-refractivity contribution in [3.05, 3.63) is 0 Å². The van der Waals surface area contributed by atoms with E-state index in [2.05, 4.69) is 24.2 Å². The summed E-state index contributed by atoms with van der Waals surface area (Å²) in [6.07, 6.45) is 5.77. The van der Waals surface area contributed by atoms with Crippen LogP contribution in [0.2, 0.25) is 0 Å². The molecular weight excluding hydrogens is 172 g/mol. The quantitative estimate of drug-likeness (QED) is 0.739. The van der Waals surface area contributed by atoms with Gasteiger partial charge in [0.1, 0.15) is 0 Å². The van der Waals surface area contributed by atoms with Crippen molar-refractivity contribution < 1.29 is 0 Å². The van der Waals surface area contributed by atoms with Crippen LogP contribution in [0.4, 0.5) is 0 Å². The number of hydrogen-bond donors (Lipinski definition) is 1. The molecule has 1 saturated heterocycles. The van der Waals surface area contributed by atoms with Gasteiger partial charge in [0.15, 0.2) is 0 Å². The Kier molecular flexibility index (Phi) is 3.45. The lowest BCUT2D eigenvalue weighted by Gasteiger charge is -2.40. The summed E-state index contributed by atoms with van der Waals surface area (Å²) in [5.74, 6) is 1.84. The van der Waals surface area contributed by atoms with Crippen molar-refractivity contribution in [2.75, 3.05) is 26.7 Å². The van der Waals surface area contributed by atoms with Crippen LogP contribution in [0.5, 0.6) is 0 Å². The lowest BCUT2D eigenvalue weighted by atomic mass is 9.84. The second kappa shape index (κ2) is 4.63. The first kappa shape index (κ1) is 10.4. The highest BCUT2D eigenvalue weighted by atomic mass is 15.1. The van der Waals surface area contributed by atoms with Crippen LogP contribution in [0, 0.1) is 11.8 Å². The molecule has 82 valence electrons. The molecule has 0 spiro atoms. The highest BCUT2D eigenvalue weighted by Gasteiger charge is 2.27. The molecule has 1 aliphatic heterocycles. The summed E-state index contributed by atoms with van der Waals surface area (Å²) >= 11 is 0. The van der Waals surface area contributed by atoms with Crippen molar-refractivity contribution in [3.8, 4) is 0 Å². The Bertz CT molecular complexity index is 177. The lowest BCUT2D eigenvalue weighted by Crippen LogP contribution is -2.50. The Morgan fingerprint density at radius 2 is 1.93 bits per heavy atom. The third-order valence-electron chi connectivity index (χ3n) is 4.04. The van der Waals surface area contributed by atoms with Crippen LogP contribution in [0.3, 0.4) is 0 Å². The number of rotatable bonds is 3. The van der Waals surface area contributed by atoms with Crippen LogP contribution in [0.25, 0.3) is 0 Å². The van der Waals surface area contributed by atoms with Crippen LogP contribution in [0.15, 0.2) is 0 Å². The van der Waals surface area contributed by atoms with Gasteiger partial charge in [0.2, 0.25) is 0 Å². The standard InChI is InChI=1S/C12H24N2/c1-10-5-3-4-6-12(10)14(2)9-11-7-13-8-11/h10-13H,3-9H2,1-2H3. The normalized spacial score (nSPS) is 34.5. The Balaban J connectivity index is 1.79. The van der Waals surface area contributed by atoms with E-state index in [9.17, 15) is 0 Å². The average Bonchev–Trinajstić information content (AvgIpc) is 2.12. The second-order valence-corrected chi connectivity index (χ2v) is 5.29. The Hall–Kier alpha value is -0.0800. The first-order chi connectivity index (χ1) is 6.77. The summed E-state index contributed by atoms with van der Waals surface area (Å²) in [5, 5.41) is 3.35. The molecule has 2 atom stereocenters. The van der Waals surface area contributed by atoms with Crippen molar-refractivity contribution in [1.82, 2.24) is 10.2 Å². The number of hydrogen-bond acceptors (Lipinski definition) is 2. The minimum absolute atomic E-state index is 0.865. The van der Waals surface area contributed by atoms with Gasteiger partial charge in [-0.05, 0) is 31.7 Å². The van der Waals surface area contributed by atoms with E-state index in [1.165, 1.54) is 45.3 Å². The average molecular weight is 196 g/mol. The summed E-state index contributed by atoms with van der Waals surface area (Å²) in [6, 6.07) is 0.865. The molecule has 2 fully saturated rings. The van der Waals surface area contributed by atoms with E-state index in [-0.39, 0.29) is 0 Å². The topological polar surface area (TPSA) is 15.3 Å². The molecule has 2 heteroatoms. The smallest absolute Gasteiger partial charge is 0.0118 e. The van der Waals surface area contributed by atoms with Crippen LogP contribution < -0.4 is 5.32 Å². The second-order valence-electron chi connectivity index (χ2n) is 5.29. The van der Waals surface area contributed by atoms with Crippen LogP contribution >= 0.6 is 0 Å². The fourth-order valence-electron chi connectivity index (χ4n) is 2.97. The molecule has 14 heavy (non-hydrogen) atoms. The molecule has 0 bridgehead atoms. The maximum Gasteiger partial charge on any atom is 0.0118 e. The molecule has 2 nitrogen and oxygen atoms in total. The van der Waals surface area contributed by atoms with E-state index in [0.717, 1.165) is 17.9 Å². The van der Waals surface area contributed by atoms with E-state index < -0.39 is 0 Å². The summed E-state index contributed by atoms with van der Waals surface area (Å²) in [6.45, 7) is 6.22. The molecule has 0 aromatic carbocycles. The van der Waals surface area contributed by atoms with Gasteiger partial charge < -0.3 is 10.2 Å². The van der Waals surface area contributed by atoms with Crippen molar-refractivity contribution in [2.45, 2.75) is 38.6 Å². The number of nitrogens with one attached hydrogen (secondary N) is 1. The summed E-state index contributed by atoms with van der Waals surface area (Å²) in [4.78, 5) is 2.62. The fraction of sp³-hybridized carbons (Fsp3) is 1.00. The van der Waals surface area contributed by atoms with E-state index in [1.807, 2.05) is 0 Å². The van der Waals surface area contributed by atoms with E-state index >= 15 is 0 Å². The zero-order chi connectivity index (χ0) is 9.97. The molecule has 2 rings (SSSR count). The predicted molar refractivity (Wildman–Crippen MR) is 60.4 cm³/mol. The van der Waals surface area contributed by atoms with Gasteiger partial charge in [-0.15, -0.1) is 0 Å². The first-order valence-electron chi connectivity index (χ1n) is 6.18. The van der Waals surface area contributed by atoms with Gasteiger partial charge >= 0.3 is 0 Å². The third-order valence-corrected chi connectivity index (χ3v) is 4.04. The molecule has 1 heterocycles. The molecule has 0 amide bonds. The van der Waals surface area contributed by atoms with Crippen molar-refractivity contribution in [2.24, 2.45) is 11.8 Å². The fourth-order valence-corrected chi connectivity index (χ4v) is 2.97. The molecule has 1 saturated carbocycles. The molecule has 0 aromatic rings. The molecule has 2 aliphatic rings. The van der Waals surface area contributed by atoms with Gasteiger partial charge in [-0.25, -0.2) is 0 Å². The van der Waals surface area contributed by atoms with Crippen LogP contribution in [-0.2, 0) is 0 Å². The zero-order valence-corrected chi connectivity index (χ0v) is 9.63. The maximum absolute atomic E-state index is 3.35. The Labute approximate surface area is 88.1 Å². The Morgan fingerprint density at radius 1 is 1.21 bits per heavy atom. The van der Waals surface area contributed by atoms with Crippen molar-refractivity contribution in [3.63, 3.8) is 0 Å². The van der Waals surface area contributed by atoms with Crippen LogP contribution in [0.1, 0.15) is 32.6 Å². The highest BCUT2D eigenvalue weighted by Crippen LogP contribution is 2.27. The minimum atomic E-state index is 0.865. The molecule has 2 unspecified atom stereocenters. The SMILES string of the molecule is CC1CCCCC1N(C)CC1CNC1. The van der Waals surface area contributed by atoms with E-state index in [0.29, 0.717) is 0 Å². The van der Waals surface area contributed by atoms with Gasteiger partial charge in [-0.2, -0.15) is 0 Å². The van der Waals surface area contributed by atoms with Crippen molar-refractivity contribution >= 4 is 0 Å². The summed E-state index contributed by atoms with van der Waals surface area (Å²) in [7, 11) is 2.32. The molecule has 1 N–H and O–H groups in total. The molecular formula is C12H24N2. The lowest BCUT2D eigenvalue weighted by molar-refractivity contribution is 0.108. The molecule has 0 aromatic heterocycles. The Morgan fingerprint density at radius 3 is 2.50 bits per heavy atom. The third kappa shape index (κ3) is 2.29. The van der Waals surface area contributed by atoms with Crippen molar-refractivity contribution in [1.29, 1.82) is 0 Å².